The van der Waals surface area contributed by atoms with E-state index in [9.17, 15) is 5.11 Å². The second-order valence-electron chi connectivity index (χ2n) is 6.35. The van der Waals surface area contributed by atoms with Crippen LogP contribution in [-0.2, 0) is 0 Å². The van der Waals surface area contributed by atoms with Crippen molar-refractivity contribution in [3.63, 3.8) is 0 Å². The van der Waals surface area contributed by atoms with Crippen molar-refractivity contribution in [1.82, 2.24) is 9.97 Å². The van der Waals surface area contributed by atoms with E-state index in [4.69, 9.17) is 23.2 Å². The molecule has 6 heteroatoms. The van der Waals surface area contributed by atoms with Gasteiger partial charge in [0.1, 0.15) is 5.75 Å². The SMILES string of the molecule is Oc1ccc(-c2cccc3c2sc2ccccc23)cc1-c1nc(Cl)ncc1Cl. The molecule has 0 atom stereocenters. The van der Waals surface area contributed by atoms with Crippen molar-refractivity contribution in [2.75, 3.05) is 0 Å². The van der Waals surface area contributed by atoms with E-state index in [2.05, 4.69) is 52.4 Å². The predicted molar refractivity (Wildman–Crippen MR) is 117 cm³/mol. The summed E-state index contributed by atoms with van der Waals surface area (Å²) in [5, 5.41) is 13.3. The van der Waals surface area contributed by atoms with Crippen molar-refractivity contribution >= 4 is 54.7 Å². The number of hydrogen-bond donors (Lipinski definition) is 1. The molecule has 0 unspecified atom stereocenters. The van der Waals surface area contributed by atoms with Crippen molar-refractivity contribution in [2.24, 2.45) is 0 Å². The molecule has 0 saturated carbocycles. The Balaban J connectivity index is 1.76. The monoisotopic (exact) mass is 422 g/mol. The molecule has 0 fully saturated rings. The fourth-order valence-corrected chi connectivity index (χ4v) is 4.97. The van der Waals surface area contributed by atoms with Crippen LogP contribution in [0.3, 0.4) is 0 Å². The first-order valence-corrected chi connectivity index (χ1v) is 10.1. The Bertz CT molecular complexity index is 1360. The first-order valence-electron chi connectivity index (χ1n) is 8.54. The van der Waals surface area contributed by atoms with E-state index in [0.29, 0.717) is 16.3 Å². The van der Waals surface area contributed by atoms with Crippen LogP contribution in [0.15, 0.2) is 66.9 Å². The number of phenols is 1. The summed E-state index contributed by atoms with van der Waals surface area (Å²) in [6.45, 7) is 0. The van der Waals surface area contributed by atoms with Gasteiger partial charge in [0.05, 0.1) is 16.9 Å². The molecular weight excluding hydrogens is 411 g/mol. The minimum atomic E-state index is 0.0795. The minimum absolute atomic E-state index is 0.0795. The van der Waals surface area contributed by atoms with Crippen LogP contribution in [0, 0.1) is 0 Å². The molecule has 136 valence electrons. The van der Waals surface area contributed by atoms with Gasteiger partial charge in [0.2, 0.25) is 5.28 Å². The molecule has 3 nitrogen and oxygen atoms in total. The lowest BCUT2D eigenvalue weighted by atomic mass is 9.99. The van der Waals surface area contributed by atoms with Gasteiger partial charge in [-0.15, -0.1) is 11.3 Å². The number of aromatic hydroxyl groups is 1. The number of phenolic OH excluding ortho intramolecular Hbond substituents is 1. The highest BCUT2D eigenvalue weighted by molar-refractivity contribution is 7.26. The van der Waals surface area contributed by atoms with Crippen LogP contribution >= 0.6 is 34.5 Å². The summed E-state index contributed by atoms with van der Waals surface area (Å²) in [4.78, 5) is 8.08. The fraction of sp³-hybridized carbons (Fsp3) is 0. The summed E-state index contributed by atoms with van der Waals surface area (Å²) in [7, 11) is 0. The Hall–Kier alpha value is -2.66. The number of aromatic nitrogens is 2. The van der Waals surface area contributed by atoms with E-state index in [1.54, 1.807) is 17.4 Å². The van der Waals surface area contributed by atoms with Gasteiger partial charge in [-0.25, -0.2) is 9.97 Å². The molecule has 0 spiro atoms. The van der Waals surface area contributed by atoms with E-state index >= 15 is 0 Å². The third kappa shape index (κ3) is 2.81. The maximum absolute atomic E-state index is 10.4. The third-order valence-electron chi connectivity index (χ3n) is 4.68. The third-order valence-corrected chi connectivity index (χ3v) is 6.36. The molecule has 3 aromatic carbocycles. The molecule has 0 saturated heterocycles. The molecule has 2 aromatic heterocycles. The summed E-state index contributed by atoms with van der Waals surface area (Å²) >= 11 is 14.0. The topological polar surface area (TPSA) is 46.0 Å². The molecule has 0 amide bonds. The van der Waals surface area contributed by atoms with Gasteiger partial charge < -0.3 is 5.11 Å². The standard InChI is InChI=1S/C22H12Cl2N2OS/c23-17-11-25-22(24)26-20(17)16-10-12(8-9-18(16)27)13-5-3-6-15-14-4-1-2-7-19(14)28-21(13)15/h1-11,27H. The van der Waals surface area contributed by atoms with Crippen molar-refractivity contribution in [2.45, 2.75) is 0 Å². The Morgan fingerprint density at radius 3 is 2.57 bits per heavy atom. The quantitative estimate of drug-likeness (QED) is 0.306. The fourth-order valence-electron chi connectivity index (χ4n) is 3.40. The maximum Gasteiger partial charge on any atom is 0.222 e. The summed E-state index contributed by atoms with van der Waals surface area (Å²) in [6, 6.07) is 20.1. The van der Waals surface area contributed by atoms with Crippen molar-refractivity contribution < 1.29 is 5.11 Å². The normalized spacial score (nSPS) is 11.4. The van der Waals surface area contributed by atoms with Crippen LogP contribution in [0.1, 0.15) is 0 Å². The van der Waals surface area contributed by atoms with Gasteiger partial charge in [-0.3, -0.25) is 0 Å². The highest BCUT2D eigenvalue weighted by Crippen LogP contribution is 2.42. The predicted octanol–water partition coefficient (Wildman–Crippen LogP) is 7.19. The highest BCUT2D eigenvalue weighted by atomic mass is 35.5. The largest absolute Gasteiger partial charge is 0.507 e. The Labute approximate surface area is 174 Å². The van der Waals surface area contributed by atoms with Crippen molar-refractivity contribution in [3.05, 3.63) is 77.2 Å². The molecule has 2 heterocycles. The van der Waals surface area contributed by atoms with E-state index in [0.717, 1.165) is 11.1 Å². The summed E-state index contributed by atoms with van der Waals surface area (Å²) in [5.74, 6) is 0.0870. The van der Waals surface area contributed by atoms with Gasteiger partial charge in [-0.05, 0) is 40.9 Å². The van der Waals surface area contributed by atoms with Crippen molar-refractivity contribution in [3.8, 4) is 28.1 Å². The number of thiophene rings is 1. The number of nitrogens with zero attached hydrogens (tertiary/aromatic N) is 2. The molecule has 0 aliphatic rings. The van der Waals surface area contributed by atoms with E-state index in [1.165, 1.54) is 26.4 Å². The first-order chi connectivity index (χ1) is 13.6. The second-order valence-corrected chi connectivity index (χ2v) is 8.15. The average Bonchev–Trinajstić information content (AvgIpc) is 3.09. The molecule has 0 aliphatic carbocycles. The second kappa shape index (κ2) is 6.74. The molecule has 0 radical (unpaired) electrons. The molecular formula is C22H12Cl2N2OS. The molecule has 0 bridgehead atoms. The van der Waals surface area contributed by atoms with Gasteiger partial charge in [0, 0.05) is 25.7 Å². The van der Waals surface area contributed by atoms with E-state index in [1.807, 2.05) is 12.1 Å². The molecule has 0 aliphatic heterocycles. The Morgan fingerprint density at radius 1 is 0.857 bits per heavy atom. The minimum Gasteiger partial charge on any atom is -0.507 e. The molecule has 5 rings (SSSR count). The maximum atomic E-state index is 10.4. The number of halogens is 2. The van der Waals surface area contributed by atoms with Gasteiger partial charge in [0.25, 0.3) is 0 Å². The molecule has 5 aromatic rings. The van der Waals surface area contributed by atoms with E-state index < -0.39 is 0 Å². The zero-order valence-corrected chi connectivity index (χ0v) is 16.7. The number of fused-ring (bicyclic) bond motifs is 3. The zero-order valence-electron chi connectivity index (χ0n) is 14.4. The van der Waals surface area contributed by atoms with Gasteiger partial charge >= 0.3 is 0 Å². The van der Waals surface area contributed by atoms with Crippen LogP contribution in [0.2, 0.25) is 10.3 Å². The van der Waals surface area contributed by atoms with Gasteiger partial charge in [0.15, 0.2) is 0 Å². The lowest BCUT2D eigenvalue weighted by Crippen LogP contribution is -1.90. The van der Waals surface area contributed by atoms with Crippen LogP contribution in [-0.4, -0.2) is 15.1 Å². The zero-order chi connectivity index (χ0) is 19.3. The van der Waals surface area contributed by atoms with Crippen LogP contribution in [0.5, 0.6) is 5.75 Å². The summed E-state index contributed by atoms with van der Waals surface area (Å²) in [5.41, 5.74) is 2.99. The lowest BCUT2D eigenvalue weighted by molar-refractivity contribution is 0.477. The number of benzene rings is 3. The smallest absolute Gasteiger partial charge is 0.222 e. The highest BCUT2D eigenvalue weighted by Gasteiger charge is 2.15. The first kappa shape index (κ1) is 17.4. The number of rotatable bonds is 2. The van der Waals surface area contributed by atoms with Crippen LogP contribution < -0.4 is 0 Å². The average molecular weight is 423 g/mol. The molecule has 1 N–H and O–H groups in total. The molecule has 28 heavy (non-hydrogen) atoms. The van der Waals surface area contributed by atoms with Gasteiger partial charge in [-0.2, -0.15) is 0 Å². The summed E-state index contributed by atoms with van der Waals surface area (Å²) in [6.07, 6.45) is 1.44. The lowest BCUT2D eigenvalue weighted by Gasteiger charge is -2.10. The Kier molecular flexibility index (Phi) is 4.20. The van der Waals surface area contributed by atoms with E-state index in [-0.39, 0.29) is 11.0 Å². The van der Waals surface area contributed by atoms with Crippen molar-refractivity contribution in [1.29, 1.82) is 0 Å². The van der Waals surface area contributed by atoms with Crippen LogP contribution in [0.25, 0.3) is 42.6 Å². The number of hydrogen-bond acceptors (Lipinski definition) is 4. The Morgan fingerprint density at radius 2 is 1.68 bits per heavy atom. The summed E-state index contributed by atoms with van der Waals surface area (Å²) < 4.78 is 2.45. The van der Waals surface area contributed by atoms with Gasteiger partial charge in [-0.1, -0.05) is 54.1 Å². The van der Waals surface area contributed by atoms with Crippen LogP contribution in [0.4, 0.5) is 0 Å².